The molecule has 0 aromatic rings. The maximum Gasteiger partial charge on any atom is 0.334 e. The maximum atomic E-state index is 11.3. The van der Waals surface area contributed by atoms with E-state index in [-0.39, 0.29) is 13.0 Å². The van der Waals surface area contributed by atoms with E-state index in [1.807, 2.05) is 6.92 Å². The van der Waals surface area contributed by atoms with Gasteiger partial charge in [-0.25, -0.2) is 9.59 Å². The van der Waals surface area contributed by atoms with Crippen molar-refractivity contribution in [3.8, 4) is 0 Å². The molecule has 0 aliphatic rings. The van der Waals surface area contributed by atoms with Crippen LogP contribution in [-0.4, -0.2) is 34.7 Å². The highest BCUT2D eigenvalue weighted by Crippen LogP contribution is 2.40. The van der Waals surface area contributed by atoms with Gasteiger partial charge in [0, 0.05) is 12.2 Å². The van der Waals surface area contributed by atoms with Crippen molar-refractivity contribution >= 4 is 11.9 Å². The van der Waals surface area contributed by atoms with Gasteiger partial charge in [0.1, 0.15) is 6.61 Å². The molecule has 0 bridgehead atoms. The van der Waals surface area contributed by atoms with Crippen LogP contribution in [0.2, 0.25) is 0 Å². The summed E-state index contributed by atoms with van der Waals surface area (Å²) in [7, 11) is 0. The first kappa shape index (κ1) is 19.3. The van der Waals surface area contributed by atoms with Crippen LogP contribution in [0, 0.1) is 5.41 Å². The first-order chi connectivity index (χ1) is 9.78. The third-order valence-electron chi connectivity index (χ3n) is 3.44. The number of rotatable bonds is 10. The Hall–Kier alpha value is -1.66. The SMILES string of the molecule is C=CC(=O)OCC(CC)(CCCC)C(O)(O)OC(=O)C=C. The highest BCUT2D eigenvalue weighted by Gasteiger charge is 2.52. The molecule has 0 saturated heterocycles. The molecule has 0 radical (unpaired) electrons. The van der Waals surface area contributed by atoms with Gasteiger partial charge in [0.2, 0.25) is 0 Å². The molecule has 0 saturated carbocycles. The van der Waals surface area contributed by atoms with Crippen molar-refractivity contribution in [2.24, 2.45) is 5.41 Å². The van der Waals surface area contributed by atoms with Gasteiger partial charge < -0.3 is 19.7 Å². The number of esters is 2. The van der Waals surface area contributed by atoms with E-state index in [0.29, 0.717) is 12.8 Å². The van der Waals surface area contributed by atoms with Gasteiger partial charge in [-0.05, 0) is 12.8 Å². The third-order valence-corrected chi connectivity index (χ3v) is 3.44. The molecule has 6 heteroatoms. The second-order valence-electron chi connectivity index (χ2n) is 4.78. The monoisotopic (exact) mass is 300 g/mol. The van der Waals surface area contributed by atoms with Gasteiger partial charge in [0.15, 0.2) is 0 Å². The Labute approximate surface area is 125 Å². The van der Waals surface area contributed by atoms with Gasteiger partial charge in [-0.1, -0.05) is 39.8 Å². The molecule has 0 rings (SSSR count). The maximum absolute atomic E-state index is 11.3. The number of aliphatic hydroxyl groups is 2. The lowest BCUT2D eigenvalue weighted by atomic mass is 9.78. The lowest BCUT2D eigenvalue weighted by Gasteiger charge is -2.41. The smallest absolute Gasteiger partial charge is 0.334 e. The summed E-state index contributed by atoms with van der Waals surface area (Å²) in [6, 6.07) is 0. The molecule has 0 aromatic heterocycles. The second kappa shape index (κ2) is 8.59. The van der Waals surface area contributed by atoms with Crippen molar-refractivity contribution in [1.29, 1.82) is 0 Å². The lowest BCUT2D eigenvalue weighted by molar-refractivity contribution is -0.382. The summed E-state index contributed by atoms with van der Waals surface area (Å²) >= 11 is 0. The summed E-state index contributed by atoms with van der Waals surface area (Å²) in [6.45, 7) is 9.81. The fourth-order valence-electron chi connectivity index (χ4n) is 1.91. The Morgan fingerprint density at radius 3 is 2.14 bits per heavy atom. The summed E-state index contributed by atoms with van der Waals surface area (Å²) in [6.07, 6.45) is 3.79. The van der Waals surface area contributed by atoms with Crippen molar-refractivity contribution in [3.05, 3.63) is 25.3 Å². The summed E-state index contributed by atoms with van der Waals surface area (Å²) in [5.41, 5.74) is -1.32. The first-order valence-electron chi connectivity index (χ1n) is 6.88. The molecule has 0 aliphatic heterocycles. The molecule has 0 heterocycles. The van der Waals surface area contributed by atoms with E-state index in [1.165, 1.54) is 0 Å². The van der Waals surface area contributed by atoms with Crippen LogP contribution in [0.4, 0.5) is 0 Å². The predicted molar refractivity (Wildman–Crippen MR) is 76.9 cm³/mol. The minimum Gasteiger partial charge on any atom is -0.462 e. The molecular weight excluding hydrogens is 276 g/mol. The molecule has 6 nitrogen and oxygen atoms in total. The third kappa shape index (κ3) is 5.32. The average molecular weight is 300 g/mol. The van der Waals surface area contributed by atoms with Crippen LogP contribution in [0.25, 0.3) is 0 Å². The number of carbonyl (C=O) groups excluding carboxylic acids is 2. The Kier molecular flexibility index (Phi) is 7.91. The highest BCUT2D eigenvalue weighted by atomic mass is 16.8. The Morgan fingerprint density at radius 1 is 1.14 bits per heavy atom. The van der Waals surface area contributed by atoms with E-state index in [1.54, 1.807) is 6.92 Å². The number of unbranched alkanes of at least 4 members (excludes halogenated alkanes) is 1. The molecule has 0 aliphatic carbocycles. The van der Waals surface area contributed by atoms with Gasteiger partial charge in [0.25, 0.3) is 0 Å². The van der Waals surface area contributed by atoms with Gasteiger partial charge in [-0.15, -0.1) is 0 Å². The normalized spacial score (nSPS) is 13.9. The van der Waals surface area contributed by atoms with Crippen molar-refractivity contribution < 1.29 is 29.3 Å². The van der Waals surface area contributed by atoms with Crippen LogP contribution in [-0.2, 0) is 19.1 Å². The van der Waals surface area contributed by atoms with Crippen molar-refractivity contribution in [2.45, 2.75) is 45.5 Å². The summed E-state index contributed by atoms with van der Waals surface area (Å²) in [5, 5.41) is 20.4. The van der Waals surface area contributed by atoms with Crippen molar-refractivity contribution in [2.75, 3.05) is 6.61 Å². The zero-order chi connectivity index (χ0) is 16.5. The molecule has 0 fully saturated rings. The zero-order valence-electron chi connectivity index (χ0n) is 12.6. The number of carbonyl (C=O) groups is 2. The van der Waals surface area contributed by atoms with Crippen molar-refractivity contribution in [1.82, 2.24) is 0 Å². The fourth-order valence-corrected chi connectivity index (χ4v) is 1.91. The summed E-state index contributed by atoms with van der Waals surface area (Å²) < 4.78 is 9.60. The molecule has 21 heavy (non-hydrogen) atoms. The largest absolute Gasteiger partial charge is 0.462 e. The van der Waals surface area contributed by atoms with E-state index >= 15 is 0 Å². The summed E-state index contributed by atoms with van der Waals surface area (Å²) in [5.74, 6) is -4.41. The predicted octanol–water partition coefficient (Wildman–Crippen LogP) is 1.67. The Morgan fingerprint density at radius 2 is 1.71 bits per heavy atom. The van der Waals surface area contributed by atoms with Crippen LogP contribution < -0.4 is 0 Å². The highest BCUT2D eigenvalue weighted by molar-refractivity contribution is 5.81. The van der Waals surface area contributed by atoms with Crippen LogP contribution in [0.5, 0.6) is 0 Å². The molecule has 0 amide bonds. The Balaban J connectivity index is 5.31. The first-order valence-corrected chi connectivity index (χ1v) is 6.88. The molecule has 120 valence electrons. The van der Waals surface area contributed by atoms with E-state index in [9.17, 15) is 19.8 Å². The van der Waals surface area contributed by atoms with Crippen LogP contribution in [0.1, 0.15) is 39.5 Å². The van der Waals surface area contributed by atoms with Gasteiger partial charge in [-0.2, -0.15) is 0 Å². The molecule has 1 atom stereocenters. The van der Waals surface area contributed by atoms with E-state index in [4.69, 9.17) is 4.74 Å². The van der Waals surface area contributed by atoms with E-state index in [0.717, 1.165) is 18.6 Å². The quantitative estimate of drug-likeness (QED) is 0.362. The lowest BCUT2D eigenvalue weighted by Crippen LogP contribution is -2.54. The molecule has 0 spiro atoms. The number of hydrogen-bond acceptors (Lipinski definition) is 6. The average Bonchev–Trinajstić information content (AvgIpc) is 2.46. The summed E-state index contributed by atoms with van der Waals surface area (Å²) in [4.78, 5) is 22.5. The molecule has 2 N–H and O–H groups in total. The van der Waals surface area contributed by atoms with Crippen LogP contribution in [0.3, 0.4) is 0 Å². The number of hydrogen-bond donors (Lipinski definition) is 2. The second-order valence-corrected chi connectivity index (χ2v) is 4.78. The minimum atomic E-state index is -2.76. The minimum absolute atomic E-state index is 0.231. The molecular formula is C15H24O6. The Bertz CT molecular complexity index is 388. The number of ether oxygens (including phenoxy) is 2. The van der Waals surface area contributed by atoms with Crippen molar-refractivity contribution in [3.63, 3.8) is 0 Å². The van der Waals surface area contributed by atoms with Crippen LogP contribution in [0.15, 0.2) is 25.3 Å². The zero-order valence-corrected chi connectivity index (χ0v) is 12.6. The topological polar surface area (TPSA) is 93.1 Å². The van der Waals surface area contributed by atoms with Gasteiger partial charge >= 0.3 is 17.9 Å². The molecule has 0 aromatic carbocycles. The molecule has 1 unspecified atom stereocenters. The van der Waals surface area contributed by atoms with Gasteiger partial charge in [0.05, 0.1) is 5.41 Å². The van der Waals surface area contributed by atoms with Gasteiger partial charge in [-0.3, -0.25) is 0 Å². The van der Waals surface area contributed by atoms with E-state index < -0.39 is 23.3 Å². The standard InChI is InChI=1S/C15H24O6/c1-5-9-10-14(8-4,11-20-12(16)6-2)15(18,19)21-13(17)7-3/h6-7,18-19H,2-3,5,8-11H2,1,4H3. The van der Waals surface area contributed by atoms with E-state index in [2.05, 4.69) is 17.9 Å². The fraction of sp³-hybridized carbons (Fsp3) is 0.600. The van der Waals surface area contributed by atoms with Crippen LogP contribution >= 0.6 is 0 Å².